The number of thioether (sulfide) groups is 1. The summed E-state index contributed by atoms with van der Waals surface area (Å²) in [5.74, 6) is 0. The Bertz CT molecular complexity index is 258. The van der Waals surface area contributed by atoms with E-state index in [4.69, 9.17) is 5.73 Å². The van der Waals surface area contributed by atoms with Crippen LogP contribution in [0.5, 0.6) is 0 Å². The van der Waals surface area contributed by atoms with E-state index in [-0.39, 0.29) is 6.04 Å². The molecule has 3 N–H and O–H groups in total. The second-order valence-corrected chi connectivity index (χ2v) is 4.07. The van der Waals surface area contributed by atoms with Gasteiger partial charge in [-0.05, 0) is 30.5 Å². The third-order valence-corrected chi connectivity index (χ3v) is 2.90. The van der Waals surface area contributed by atoms with E-state index in [1.165, 1.54) is 10.5 Å². The van der Waals surface area contributed by atoms with Crippen molar-refractivity contribution >= 4 is 11.8 Å². The zero-order valence-electron chi connectivity index (χ0n) is 8.79. The van der Waals surface area contributed by atoms with Crippen LogP contribution in [0.15, 0.2) is 29.2 Å². The van der Waals surface area contributed by atoms with Crippen LogP contribution < -0.4 is 11.1 Å². The van der Waals surface area contributed by atoms with Gasteiger partial charge in [0, 0.05) is 17.5 Å². The molecule has 0 saturated heterocycles. The topological polar surface area (TPSA) is 38.0 Å². The van der Waals surface area contributed by atoms with Crippen molar-refractivity contribution in [2.24, 2.45) is 5.73 Å². The first-order valence-electron chi connectivity index (χ1n) is 4.88. The molecule has 2 nitrogen and oxygen atoms in total. The van der Waals surface area contributed by atoms with Crippen LogP contribution in [0.25, 0.3) is 0 Å². The maximum Gasteiger partial charge on any atom is 0.0421 e. The van der Waals surface area contributed by atoms with Crippen molar-refractivity contribution in [3.8, 4) is 0 Å². The summed E-state index contributed by atoms with van der Waals surface area (Å²) < 4.78 is 0. The van der Waals surface area contributed by atoms with Crippen molar-refractivity contribution in [1.82, 2.24) is 5.32 Å². The first kappa shape index (κ1) is 11.6. The lowest BCUT2D eigenvalue weighted by atomic mass is 10.1. The molecule has 78 valence electrons. The van der Waals surface area contributed by atoms with E-state index in [2.05, 4.69) is 42.8 Å². The molecule has 0 amide bonds. The highest BCUT2D eigenvalue weighted by Gasteiger charge is 2.03. The summed E-state index contributed by atoms with van der Waals surface area (Å²) in [5, 5.41) is 3.24. The lowest BCUT2D eigenvalue weighted by Crippen LogP contribution is -2.26. The van der Waals surface area contributed by atoms with Crippen LogP contribution in [0.4, 0.5) is 0 Å². The normalized spacial score (nSPS) is 12.8. The van der Waals surface area contributed by atoms with Crippen molar-refractivity contribution in [3.63, 3.8) is 0 Å². The van der Waals surface area contributed by atoms with Gasteiger partial charge >= 0.3 is 0 Å². The minimum atomic E-state index is 0.103. The number of likely N-dealkylation sites (N-methyl/N-ethyl adjacent to an activating group) is 1. The van der Waals surface area contributed by atoms with Gasteiger partial charge in [0.25, 0.3) is 0 Å². The van der Waals surface area contributed by atoms with Crippen molar-refractivity contribution in [3.05, 3.63) is 29.8 Å². The van der Waals surface area contributed by atoms with E-state index >= 15 is 0 Å². The fourth-order valence-corrected chi connectivity index (χ4v) is 1.68. The van der Waals surface area contributed by atoms with Crippen molar-refractivity contribution in [2.45, 2.75) is 17.9 Å². The summed E-state index contributed by atoms with van der Waals surface area (Å²) >= 11 is 1.75. The van der Waals surface area contributed by atoms with Crippen molar-refractivity contribution in [1.29, 1.82) is 0 Å². The van der Waals surface area contributed by atoms with Gasteiger partial charge in [0.15, 0.2) is 0 Å². The number of nitrogens with one attached hydrogen (secondary N) is 1. The fourth-order valence-electron chi connectivity index (χ4n) is 1.27. The number of benzene rings is 1. The van der Waals surface area contributed by atoms with Gasteiger partial charge in [0.05, 0.1) is 0 Å². The van der Waals surface area contributed by atoms with Gasteiger partial charge < -0.3 is 11.1 Å². The molecule has 0 aromatic heterocycles. The van der Waals surface area contributed by atoms with Gasteiger partial charge in [0.1, 0.15) is 0 Å². The zero-order chi connectivity index (χ0) is 10.4. The second kappa shape index (κ2) is 6.06. The SMILES string of the molecule is CCNCC(N)c1ccc(SC)cc1. The van der Waals surface area contributed by atoms with E-state index in [0.717, 1.165) is 13.1 Å². The number of hydrogen-bond donors (Lipinski definition) is 2. The molecule has 1 aromatic carbocycles. The fraction of sp³-hybridized carbons (Fsp3) is 0.455. The van der Waals surface area contributed by atoms with Crippen molar-refractivity contribution < 1.29 is 0 Å². The molecule has 3 heteroatoms. The van der Waals surface area contributed by atoms with Crippen LogP contribution >= 0.6 is 11.8 Å². The summed E-state index contributed by atoms with van der Waals surface area (Å²) in [5.41, 5.74) is 7.20. The summed E-state index contributed by atoms with van der Waals surface area (Å²) in [6, 6.07) is 8.55. The van der Waals surface area contributed by atoms with Gasteiger partial charge in [0.2, 0.25) is 0 Å². The molecule has 0 radical (unpaired) electrons. The van der Waals surface area contributed by atoms with Crippen LogP contribution in [-0.2, 0) is 0 Å². The largest absolute Gasteiger partial charge is 0.323 e. The molecule has 1 atom stereocenters. The lowest BCUT2D eigenvalue weighted by molar-refractivity contribution is 0.615. The van der Waals surface area contributed by atoms with Crippen LogP contribution in [-0.4, -0.2) is 19.3 Å². The molecule has 1 unspecified atom stereocenters. The molecule has 0 heterocycles. The molecule has 1 aromatic rings. The predicted molar refractivity (Wildman–Crippen MR) is 63.7 cm³/mol. The summed E-state index contributed by atoms with van der Waals surface area (Å²) in [4.78, 5) is 1.28. The standard InChI is InChI=1S/C11H18N2S/c1-3-13-8-11(12)9-4-6-10(14-2)7-5-9/h4-7,11,13H,3,8,12H2,1-2H3. The highest BCUT2D eigenvalue weighted by molar-refractivity contribution is 7.98. The third kappa shape index (κ3) is 3.33. The molecule has 0 fully saturated rings. The predicted octanol–water partition coefficient (Wildman–Crippen LogP) is 2.02. The summed E-state index contributed by atoms with van der Waals surface area (Å²) in [6.07, 6.45) is 2.08. The monoisotopic (exact) mass is 210 g/mol. The molecule has 0 aliphatic heterocycles. The average Bonchev–Trinajstić information content (AvgIpc) is 2.26. The van der Waals surface area contributed by atoms with E-state index in [9.17, 15) is 0 Å². The quantitative estimate of drug-likeness (QED) is 0.730. The van der Waals surface area contributed by atoms with Crippen LogP contribution in [0.1, 0.15) is 18.5 Å². The zero-order valence-corrected chi connectivity index (χ0v) is 9.60. The number of rotatable bonds is 5. The van der Waals surface area contributed by atoms with Crippen molar-refractivity contribution in [2.75, 3.05) is 19.3 Å². The second-order valence-electron chi connectivity index (χ2n) is 3.19. The molecule has 0 aliphatic rings. The first-order chi connectivity index (χ1) is 6.77. The van der Waals surface area contributed by atoms with E-state index < -0.39 is 0 Å². The molecule has 0 spiro atoms. The van der Waals surface area contributed by atoms with Gasteiger partial charge in [-0.3, -0.25) is 0 Å². The summed E-state index contributed by atoms with van der Waals surface area (Å²) in [7, 11) is 0. The van der Waals surface area contributed by atoms with E-state index in [1.807, 2.05) is 0 Å². The number of nitrogens with two attached hydrogens (primary N) is 1. The number of hydrogen-bond acceptors (Lipinski definition) is 3. The maximum absolute atomic E-state index is 6.00. The van der Waals surface area contributed by atoms with Crippen LogP contribution in [0.3, 0.4) is 0 Å². The minimum absolute atomic E-state index is 0.103. The molecule has 0 saturated carbocycles. The molecule has 0 aliphatic carbocycles. The Labute approximate surface area is 90.3 Å². The van der Waals surface area contributed by atoms with Gasteiger partial charge in [-0.15, -0.1) is 11.8 Å². The Morgan fingerprint density at radius 3 is 2.50 bits per heavy atom. The summed E-state index contributed by atoms with van der Waals surface area (Å²) in [6.45, 7) is 3.90. The van der Waals surface area contributed by atoms with Crippen LogP contribution in [0.2, 0.25) is 0 Å². The third-order valence-electron chi connectivity index (χ3n) is 2.16. The highest BCUT2D eigenvalue weighted by Crippen LogP contribution is 2.17. The average molecular weight is 210 g/mol. The van der Waals surface area contributed by atoms with Gasteiger partial charge in [-0.25, -0.2) is 0 Å². The smallest absolute Gasteiger partial charge is 0.0421 e. The Kier molecular flexibility index (Phi) is 5.01. The Balaban J connectivity index is 2.57. The minimum Gasteiger partial charge on any atom is -0.323 e. The lowest BCUT2D eigenvalue weighted by Gasteiger charge is -2.12. The molecular formula is C11H18N2S. The molecule has 0 bridgehead atoms. The first-order valence-corrected chi connectivity index (χ1v) is 6.10. The Morgan fingerprint density at radius 2 is 2.00 bits per heavy atom. The Hall–Kier alpha value is -0.510. The Morgan fingerprint density at radius 1 is 1.36 bits per heavy atom. The van der Waals surface area contributed by atoms with E-state index in [0.29, 0.717) is 0 Å². The van der Waals surface area contributed by atoms with Crippen LogP contribution in [0, 0.1) is 0 Å². The molecule has 14 heavy (non-hydrogen) atoms. The highest BCUT2D eigenvalue weighted by atomic mass is 32.2. The molecule has 1 rings (SSSR count). The molecular weight excluding hydrogens is 192 g/mol. The van der Waals surface area contributed by atoms with Gasteiger partial charge in [-0.1, -0.05) is 19.1 Å². The maximum atomic E-state index is 6.00. The van der Waals surface area contributed by atoms with Gasteiger partial charge in [-0.2, -0.15) is 0 Å². The van der Waals surface area contributed by atoms with E-state index in [1.54, 1.807) is 11.8 Å².